The number of hydrogen-bond donors (Lipinski definition) is 2. The Morgan fingerprint density at radius 3 is 2.67 bits per heavy atom. The van der Waals surface area contributed by atoms with E-state index < -0.39 is 13.0 Å². The highest BCUT2D eigenvalue weighted by molar-refractivity contribution is 5.63. The lowest BCUT2D eigenvalue weighted by Crippen LogP contribution is -2.14. The minimum atomic E-state index is -2.45. The van der Waals surface area contributed by atoms with Crippen LogP contribution in [0.4, 0.5) is 20.4 Å². The first-order valence-corrected chi connectivity index (χ1v) is 5.35. The molecule has 0 amide bonds. The van der Waals surface area contributed by atoms with Crippen LogP contribution < -0.4 is 15.4 Å². The van der Waals surface area contributed by atoms with Gasteiger partial charge >= 0.3 is 0 Å². The van der Waals surface area contributed by atoms with Gasteiger partial charge in [-0.2, -0.15) is 0 Å². The van der Waals surface area contributed by atoms with E-state index in [2.05, 4.69) is 20.6 Å². The van der Waals surface area contributed by atoms with Gasteiger partial charge in [0.15, 0.2) is 11.6 Å². The van der Waals surface area contributed by atoms with Crippen molar-refractivity contribution >= 4 is 11.6 Å². The Labute approximate surface area is 104 Å². The molecule has 0 bridgehead atoms. The Bertz CT molecular complexity index is 366. The van der Waals surface area contributed by atoms with Crippen molar-refractivity contribution in [1.82, 2.24) is 9.97 Å². The molecule has 1 aromatic rings. The normalized spacial score (nSPS) is 10.5. The quantitative estimate of drug-likeness (QED) is 0.687. The molecule has 8 heteroatoms. The van der Waals surface area contributed by atoms with E-state index >= 15 is 0 Å². The Hall–Kier alpha value is -1.70. The lowest BCUT2D eigenvalue weighted by Gasteiger charge is -2.12. The number of anilines is 2. The predicted octanol–water partition coefficient (Wildman–Crippen LogP) is 1.22. The fourth-order valence-corrected chi connectivity index (χ4v) is 1.29. The van der Waals surface area contributed by atoms with Crippen molar-refractivity contribution in [3.8, 4) is 5.75 Å². The van der Waals surface area contributed by atoms with Gasteiger partial charge in [0.2, 0.25) is 5.75 Å². The molecule has 1 rings (SSSR count). The summed E-state index contributed by atoms with van der Waals surface area (Å²) in [4.78, 5) is 7.98. The van der Waals surface area contributed by atoms with E-state index in [9.17, 15) is 8.78 Å². The van der Waals surface area contributed by atoms with Gasteiger partial charge in [-0.1, -0.05) is 0 Å². The van der Waals surface area contributed by atoms with Crippen molar-refractivity contribution in [3.63, 3.8) is 0 Å². The van der Waals surface area contributed by atoms with Gasteiger partial charge in [-0.15, -0.1) is 0 Å². The molecule has 0 aliphatic rings. The average molecular weight is 262 g/mol. The highest BCUT2D eigenvalue weighted by Crippen LogP contribution is 2.27. The minimum Gasteiger partial charge on any atom is -0.490 e. The fraction of sp³-hybridized carbons (Fsp3) is 0.600. The second kappa shape index (κ2) is 7.59. The molecule has 0 saturated heterocycles. The number of ether oxygens (including phenoxy) is 2. The molecule has 0 aliphatic carbocycles. The molecule has 1 heterocycles. The Morgan fingerprint density at radius 2 is 2.06 bits per heavy atom. The number of methoxy groups -OCH3 is 1. The number of nitrogens with zero attached hydrogens (tertiary/aromatic N) is 2. The molecule has 0 aliphatic heterocycles. The van der Waals surface area contributed by atoms with Crippen LogP contribution >= 0.6 is 0 Å². The molecule has 0 aromatic carbocycles. The standard InChI is InChI=1S/C10H16F2N4O2/c1-13-9-8(17-2)10(16-6-15-9)14-3-4-18-5-7(11)12/h6-7H,3-5H2,1-2H3,(H2,13,14,15,16). The number of nitrogens with one attached hydrogen (secondary N) is 2. The van der Waals surface area contributed by atoms with Crippen molar-refractivity contribution in [3.05, 3.63) is 6.33 Å². The smallest absolute Gasteiger partial charge is 0.261 e. The third-order valence-corrected chi connectivity index (χ3v) is 2.03. The molecule has 0 unspecified atom stereocenters. The fourth-order valence-electron chi connectivity index (χ4n) is 1.29. The summed E-state index contributed by atoms with van der Waals surface area (Å²) < 4.78 is 33.5. The number of hydrogen-bond acceptors (Lipinski definition) is 6. The lowest BCUT2D eigenvalue weighted by atomic mass is 10.4. The summed E-state index contributed by atoms with van der Waals surface area (Å²) in [6.45, 7) is -0.0556. The van der Waals surface area contributed by atoms with E-state index in [1.165, 1.54) is 13.4 Å². The molecule has 0 fully saturated rings. The van der Waals surface area contributed by atoms with Gasteiger partial charge in [0, 0.05) is 13.6 Å². The second-order valence-corrected chi connectivity index (χ2v) is 3.25. The summed E-state index contributed by atoms with van der Waals surface area (Å²) in [5.74, 6) is 1.50. The van der Waals surface area contributed by atoms with Gasteiger partial charge in [-0.05, 0) is 0 Å². The first-order valence-electron chi connectivity index (χ1n) is 5.35. The van der Waals surface area contributed by atoms with Crippen LogP contribution in [0.3, 0.4) is 0 Å². The van der Waals surface area contributed by atoms with E-state index in [4.69, 9.17) is 9.47 Å². The average Bonchev–Trinajstić information content (AvgIpc) is 2.37. The van der Waals surface area contributed by atoms with Crippen LogP contribution in [0.5, 0.6) is 5.75 Å². The Kier molecular flexibility index (Phi) is 6.06. The van der Waals surface area contributed by atoms with E-state index in [0.29, 0.717) is 23.9 Å². The number of rotatable bonds is 8. The van der Waals surface area contributed by atoms with Crippen LogP contribution in [0.1, 0.15) is 0 Å². The first kappa shape index (κ1) is 14.4. The largest absolute Gasteiger partial charge is 0.490 e. The summed E-state index contributed by atoms with van der Waals surface area (Å²) in [6, 6.07) is 0. The van der Waals surface area contributed by atoms with E-state index in [1.54, 1.807) is 7.05 Å². The highest BCUT2D eigenvalue weighted by Gasteiger charge is 2.10. The summed E-state index contributed by atoms with van der Waals surface area (Å²) >= 11 is 0. The Morgan fingerprint density at radius 1 is 1.33 bits per heavy atom. The molecule has 6 nitrogen and oxygen atoms in total. The minimum absolute atomic E-state index is 0.159. The van der Waals surface area contributed by atoms with Gasteiger partial charge in [0.25, 0.3) is 6.43 Å². The van der Waals surface area contributed by atoms with Crippen molar-refractivity contribution in [1.29, 1.82) is 0 Å². The maximum atomic E-state index is 11.8. The molecule has 18 heavy (non-hydrogen) atoms. The number of halogens is 2. The zero-order valence-corrected chi connectivity index (χ0v) is 10.2. The van der Waals surface area contributed by atoms with Crippen molar-refractivity contribution in [2.45, 2.75) is 6.43 Å². The predicted molar refractivity (Wildman–Crippen MR) is 63.4 cm³/mol. The molecule has 102 valence electrons. The zero-order valence-electron chi connectivity index (χ0n) is 10.2. The van der Waals surface area contributed by atoms with Crippen LogP contribution in [-0.2, 0) is 4.74 Å². The van der Waals surface area contributed by atoms with Crippen LogP contribution in [0.2, 0.25) is 0 Å². The van der Waals surface area contributed by atoms with Crippen LogP contribution in [0.25, 0.3) is 0 Å². The maximum absolute atomic E-state index is 11.8. The van der Waals surface area contributed by atoms with Gasteiger partial charge < -0.3 is 20.1 Å². The third kappa shape index (κ3) is 4.28. The van der Waals surface area contributed by atoms with Crippen molar-refractivity contribution in [2.24, 2.45) is 0 Å². The molecule has 0 radical (unpaired) electrons. The molecule has 0 saturated carbocycles. The van der Waals surface area contributed by atoms with Gasteiger partial charge in [0.05, 0.1) is 13.7 Å². The lowest BCUT2D eigenvalue weighted by molar-refractivity contribution is 0.0214. The van der Waals surface area contributed by atoms with Crippen molar-refractivity contribution in [2.75, 3.05) is 44.5 Å². The Balaban J connectivity index is 2.46. The topological polar surface area (TPSA) is 68.3 Å². The summed E-state index contributed by atoms with van der Waals surface area (Å²) in [6.07, 6.45) is -1.08. The first-order chi connectivity index (χ1) is 8.69. The summed E-state index contributed by atoms with van der Waals surface area (Å²) in [5, 5.41) is 5.78. The molecule has 1 aromatic heterocycles. The van der Waals surface area contributed by atoms with Crippen LogP contribution in [-0.4, -0.2) is 50.3 Å². The van der Waals surface area contributed by atoms with E-state index in [0.717, 1.165) is 0 Å². The summed E-state index contributed by atoms with van der Waals surface area (Å²) in [7, 11) is 3.21. The molecular formula is C10H16F2N4O2. The molecule has 2 N–H and O–H groups in total. The van der Waals surface area contributed by atoms with E-state index in [-0.39, 0.29) is 6.61 Å². The van der Waals surface area contributed by atoms with Crippen molar-refractivity contribution < 1.29 is 18.3 Å². The van der Waals surface area contributed by atoms with Crippen LogP contribution in [0.15, 0.2) is 6.33 Å². The van der Waals surface area contributed by atoms with Crippen LogP contribution in [0, 0.1) is 0 Å². The maximum Gasteiger partial charge on any atom is 0.261 e. The third-order valence-electron chi connectivity index (χ3n) is 2.03. The van der Waals surface area contributed by atoms with E-state index in [1.807, 2.05) is 0 Å². The van der Waals surface area contributed by atoms with Gasteiger partial charge in [-0.25, -0.2) is 18.7 Å². The highest BCUT2D eigenvalue weighted by atomic mass is 19.3. The van der Waals surface area contributed by atoms with Gasteiger partial charge in [-0.3, -0.25) is 0 Å². The monoisotopic (exact) mass is 262 g/mol. The molecular weight excluding hydrogens is 246 g/mol. The molecule has 0 atom stereocenters. The SMILES string of the molecule is CNc1ncnc(NCCOCC(F)F)c1OC. The second-order valence-electron chi connectivity index (χ2n) is 3.25. The number of aromatic nitrogens is 2. The van der Waals surface area contributed by atoms with Gasteiger partial charge in [0.1, 0.15) is 12.9 Å². The summed E-state index contributed by atoms with van der Waals surface area (Å²) in [5.41, 5.74) is 0. The number of alkyl halides is 2. The molecule has 0 spiro atoms. The zero-order chi connectivity index (χ0) is 13.4.